The van der Waals surface area contributed by atoms with Gasteiger partial charge in [0, 0.05) is 30.6 Å². The fourth-order valence-corrected chi connectivity index (χ4v) is 1.80. The number of isocyanates is 1. The van der Waals surface area contributed by atoms with E-state index in [1.165, 1.54) is 0 Å². The normalized spacial score (nSPS) is 9.88. The van der Waals surface area contributed by atoms with Crippen molar-refractivity contribution in [3.63, 3.8) is 0 Å². The molecule has 0 aliphatic heterocycles. The molecule has 0 aliphatic carbocycles. The molecule has 0 radical (unpaired) electrons. The third-order valence-corrected chi connectivity index (χ3v) is 2.53. The molecular formula is C13H12N2O. The SMILES string of the molecule is CN(C)c1ccc(N=C=O)c2ccccc12. The Kier molecular flexibility index (Phi) is 2.71. The second kappa shape index (κ2) is 4.17. The fraction of sp³-hybridized carbons (Fsp3) is 0.154. The Bertz CT molecular complexity index is 569. The zero-order valence-electron chi connectivity index (χ0n) is 9.27. The predicted octanol–water partition coefficient (Wildman–Crippen LogP) is 2.87. The molecule has 0 saturated heterocycles. The minimum atomic E-state index is 0.663. The molecule has 2 rings (SSSR count). The minimum Gasteiger partial charge on any atom is -0.377 e. The lowest BCUT2D eigenvalue weighted by molar-refractivity contribution is 0.565. The zero-order valence-corrected chi connectivity index (χ0v) is 9.27. The Morgan fingerprint density at radius 2 is 1.75 bits per heavy atom. The van der Waals surface area contributed by atoms with Gasteiger partial charge in [0.2, 0.25) is 6.08 Å². The Hall–Kier alpha value is -2.12. The Balaban J connectivity index is 2.81. The zero-order chi connectivity index (χ0) is 11.5. The highest BCUT2D eigenvalue weighted by Gasteiger charge is 2.05. The van der Waals surface area contributed by atoms with Crippen molar-refractivity contribution in [1.82, 2.24) is 0 Å². The van der Waals surface area contributed by atoms with Crippen LogP contribution in [-0.2, 0) is 4.79 Å². The largest absolute Gasteiger partial charge is 0.377 e. The maximum absolute atomic E-state index is 10.3. The molecule has 2 aromatic carbocycles. The van der Waals surface area contributed by atoms with Crippen molar-refractivity contribution in [1.29, 1.82) is 0 Å². The van der Waals surface area contributed by atoms with Crippen LogP contribution >= 0.6 is 0 Å². The van der Waals surface area contributed by atoms with Gasteiger partial charge in [0.05, 0.1) is 5.69 Å². The lowest BCUT2D eigenvalue weighted by Crippen LogP contribution is -2.08. The van der Waals surface area contributed by atoms with Gasteiger partial charge in [-0.15, -0.1) is 0 Å². The molecule has 0 N–H and O–H groups in total. The van der Waals surface area contributed by atoms with Crippen LogP contribution in [0.2, 0.25) is 0 Å². The van der Waals surface area contributed by atoms with Crippen LogP contribution in [-0.4, -0.2) is 20.2 Å². The highest BCUT2D eigenvalue weighted by Crippen LogP contribution is 2.32. The number of hydrogen-bond acceptors (Lipinski definition) is 3. The summed E-state index contributed by atoms with van der Waals surface area (Å²) in [4.78, 5) is 16.1. The third-order valence-electron chi connectivity index (χ3n) is 2.53. The molecular weight excluding hydrogens is 200 g/mol. The molecule has 0 aromatic heterocycles. The summed E-state index contributed by atoms with van der Waals surface area (Å²) >= 11 is 0. The maximum Gasteiger partial charge on any atom is 0.240 e. The first kappa shape index (κ1) is 10.4. The van der Waals surface area contributed by atoms with E-state index in [2.05, 4.69) is 4.99 Å². The molecule has 0 saturated carbocycles. The number of fused-ring (bicyclic) bond motifs is 1. The van der Waals surface area contributed by atoms with Crippen molar-refractivity contribution in [2.24, 2.45) is 4.99 Å². The van der Waals surface area contributed by atoms with Crippen molar-refractivity contribution in [2.45, 2.75) is 0 Å². The standard InChI is InChI=1S/C13H12N2O/c1-15(2)13-8-7-12(14-9-16)10-5-3-4-6-11(10)13/h3-8H,1-2H3. The summed E-state index contributed by atoms with van der Waals surface area (Å²) in [5, 5.41) is 2.06. The summed E-state index contributed by atoms with van der Waals surface area (Å²) < 4.78 is 0. The van der Waals surface area contributed by atoms with E-state index in [4.69, 9.17) is 0 Å². The third kappa shape index (κ3) is 1.69. The molecule has 3 nitrogen and oxygen atoms in total. The topological polar surface area (TPSA) is 32.7 Å². The molecule has 16 heavy (non-hydrogen) atoms. The number of carbonyl (C=O) groups excluding carboxylic acids is 1. The Labute approximate surface area is 94.0 Å². The van der Waals surface area contributed by atoms with Crippen LogP contribution in [0.4, 0.5) is 11.4 Å². The smallest absolute Gasteiger partial charge is 0.240 e. The van der Waals surface area contributed by atoms with Gasteiger partial charge in [-0.1, -0.05) is 24.3 Å². The van der Waals surface area contributed by atoms with Crippen molar-refractivity contribution < 1.29 is 4.79 Å². The number of benzene rings is 2. The monoisotopic (exact) mass is 212 g/mol. The van der Waals surface area contributed by atoms with E-state index in [-0.39, 0.29) is 0 Å². The van der Waals surface area contributed by atoms with E-state index in [0.29, 0.717) is 5.69 Å². The van der Waals surface area contributed by atoms with Gasteiger partial charge < -0.3 is 4.90 Å². The molecule has 0 bridgehead atoms. The van der Waals surface area contributed by atoms with Crippen LogP contribution in [0.3, 0.4) is 0 Å². The van der Waals surface area contributed by atoms with Crippen molar-refractivity contribution in [3.8, 4) is 0 Å². The number of hydrogen-bond donors (Lipinski definition) is 0. The second-order valence-corrected chi connectivity index (χ2v) is 3.75. The maximum atomic E-state index is 10.3. The summed E-state index contributed by atoms with van der Waals surface area (Å²) in [7, 11) is 3.98. The first-order valence-corrected chi connectivity index (χ1v) is 5.01. The van der Waals surface area contributed by atoms with Crippen molar-refractivity contribution >= 4 is 28.2 Å². The highest BCUT2D eigenvalue weighted by molar-refractivity contribution is 6.01. The second-order valence-electron chi connectivity index (χ2n) is 3.75. The van der Waals surface area contributed by atoms with Gasteiger partial charge in [0.15, 0.2) is 0 Å². The first-order valence-electron chi connectivity index (χ1n) is 5.01. The van der Waals surface area contributed by atoms with E-state index in [9.17, 15) is 4.79 Å². The summed E-state index contributed by atoms with van der Waals surface area (Å²) in [5.41, 5.74) is 1.77. The van der Waals surface area contributed by atoms with Crippen LogP contribution in [0.15, 0.2) is 41.4 Å². The highest BCUT2D eigenvalue weighted by atomic mass is 16.1. The molecule has 0 spiro atoms. The first-order chi connectivity index (χ1) is 7.74. The van der Waals surface area contributed by atoms with Gasteiger partial charge in [-0.25, -0.2) is 4.79 Å². The van der Waals surface area contributed by atoms with Gasteiger partial charge in [-0.2, -0.15) is 4.99 Å². The van der Waals surface area contributed by atoms with E-state index < -0.39 is 0 Å². The molecule has 0 atom stereocenters. The van der Waals surface area contributed by atoms with Crippen LogP contribution in [0.1, 0.15) is 0 Å². The molecule has 0 fully saturated rings. The minimum absolute atomic E-state index is 0.663. The summed E-state index contributed by atoms with van der Waals surface area (Å²) in [6.07, 6.45) is 1.59. The Morgan fingerprint density at radius 1 is 1.06 bits per heavy atom. The van der Waals surface area contributed by atoms with Crippen LogP contribution in [0.5, 0.6) is 0 Å². The number of aliphatic imine (C=N–C) groups is 1. The lowest BCUT2D eigenvalue weighted by atomic mass is 10.1. The van der Waals surface area contributed by atoms with Gasteiger partial charge in [-0.05, 0) is 12.1 Å². The van der Waals surface area contributed by atoms with Crippen LogP contribution in [0.25, 0.3) is 10.8 Å². The van der Waals surface area contributed by atoms with E-state index in [1.807, 2.05) is 55.4 Å². The average Bonchev–Trinajstić information content (AvgIpc) is 2.29. The van der Waals surface area contributed by atoms with Gasteiger partial charge in [0.1, 0.15) is 0 Å². The molecule has 3 heteroatoms. The van der Waals surface area contributed by atoms with E-state index >= 15 is 0 Å². The number of rotatable bonds is 2. The fourth-order valence-electron chi connectivity index (χ4n) is 1.80. The predicted molar refractivity (Wildman–Crippen MR) is 66.1 cm³/mol. The molecule has 0 amide bonds. The van der Waals surface area contributed by atoms with E-state index in [1.54, 1.807) is 6.08 Å². The van der Waals surface area contributed by atoms with Gasteiger partial charge in [0.25, 0.3) is 0 Å². The lowest BCUT2D eigenvalue weighted by Gasteiger charge is -2.15. The quantitative estimate of drug-likeness (QED) is 0.566. The summed E-state index contributed by atoms with van der Waals surface area (Å²) in [5.74, 6) is 0. The van der Waals surface area contributed by atoms with Crippen molar-refractivity contribution in [3.05, 3.63) is 36.4 Å². The van der Waals surface area contributed by atoms with Gasteiger partial charge in [-0.3, -0.25) is 0 Å². The molecule has 2 aromatic rings. The van der Waals surface area contributed by atoms with Crippen molar-refractivity contribution in [2.75, 3.05) is 19.0 Å². The number of anilines is 1. The molecule has 0 aliphatic rings. The summed E-state index contributed by atoms with van der Waals surface area (Å²) in [6.45, 7) is 0. The molecule has 0 unspecified atom stereocenters. The average molecular weight is 212 g/mol. The van der Waals surface area contributed by atoms with E-state index in [0.717, 1.165) is 16.5 Å². The molecule has 0 heterocycles. The Morgan fingerprint density at radius 3 is 2.38 bits per heavy atom. The number of nitrogens with zero attached hydrogens (tertiary/aromatic N) is 2. The van der Waals surface area contributed by atoms with Crippen LogP contribution < -0.4 is 4.90 Å². The van der Waals surface area contributed by atoms with Crippen LogP contribution in [0, 0.1) is 0 Å². The summed E-state index contributed by atoms with van der Waals surface area (Å²) in [6, 6.07) is 11.7. The molecule has 80 valence electrons. The van der Waals surface area contributed by atoms with Gasteiger partial charge >= 0.3 is 0 Å².